The fraction of sp³-hybridized carbons (Fsp3) is 0.308. The molecule has 1 aromatic heterocycles. The zero-order chi connectivity index (χ0) is 12.0. The Balaban J connectivity index is 2.25. The van der Waals surface area contributed by atoms with Crippen molar-refractivity contribution in [1.82, 2.24) is 4.98 Å². The van der Waals surface area contributed by atoms with E-state index in [1.54, 1.807) is 18.2 Å². The molecule has 4 nitrogen and oxygen atoms in total. The van der Waals surface area contributed by atoms with Crippen LogP contribution in [0.3, 0.4) is 0 Å². The number of carboxylic acids is 1. The highest BCUT2D eigenvalue weighted by Crippen LogP contribution is 2.37. The zero-order valence-electron chi connectivity index (χ0n) is 9.23. The van der Waals surface area contributed by atoms with Crippen molar-refractivity contribution in [3.8, 4) is 5.75 Å². The lowest BCUT2D eigenvalue weighted by Gasteiger charge is -2.18. The Labute approximate surface area is 97.9 Å². The number of aliphatic carboxylic acids is 1. The van der Waals surface area contributed by atoms with Crippen molar-refractivity contribution in [2.45, 2.75) is 25.2 Å². The number of aromatic hydroxyl groups is 1. The molecule has 0 saturated heterocycles. The summed E-state index contributed by atoms with van der Waals surface area (Å²) in [6.07, 6.45) is 2.44. The van der Waals surface area contributed by atoms with Crippen LogP contribution in [-0.2, 0) is 11.2 Å². The lowest BCUT2D eigenvalue weighted by Crippen LogP contribution is -2.17. The van der Waals surface area contributed by atoms with Gasteiger partial charge in [-0.25, -0.2) is 0 Å². The summed E-state index contributed by atoms with van der Waals surface area (Å²) in [5, 5.41) is 19.6. The maximum atomic E-state index is 11.2. The molecule has 3 N–H and O–H groups in total. The van der Waals surface area contributed by atoms with Gasteiger partial charge in [-0.15, -0.1) is 0 Å². The van der Waals surface area contributed by atoms with Crippen molar-refractivity contribution in [2.75, 3.05) is 0 Å². The van der Waals surface area contributed by atoms with E-state index in [1.165, 1.54) is 0 Å². The van der Waals surface area contributed by atoms with Crippen molar-refractivity contribution >= 4 is 16.9 Å². The normalized spacial score (nSPS) is 19.2. The number of fused-ring (bicyclic) bond motifs is 3. The van der Waals surface area contributed by atoms with Crippen molar-refractivity contribution in [3.63, 3.8) is 0 Å². The third-order valence-corrected chi connectivity index (χ3v) is 3.49. The summed E-state index contributed by atoms with van der Waals surface area (Å²) in [5.74, 6) is -0.994. The Hall–Kier alpha value is -1.97. The first-order chi connectivity index (χ1) is 8.16. The van der Waals surface area contributed by atoms with Crippen LogP contribution in [0.25, 0.3) is 10.9 Å². The second-order valence-electron chi connectivity index (χ2n) is 4.53. The fourth-order valence-corrected chi connectivity index (χ4v) is 2.70. The smallest absolute Gasteiger partial charge is 0.312 e. The third kappa shape index (κ3) is 1.48. The third-order valence-electron chi connectivity index (χ3n) is 3.49. The molecule has 0 radical (unpaired) electrons. The number of rotatable bonds is 1. The number of aromatic nitrogens is 1. The summed E-state index contributed by atoms with van der Waals surface area (Å²) >= 11 is 0. The summed E-state index contributed by atoms with van der Waals surface area (Å²) in [6.45, 7) is 0. The minimum atomic E-state index is -0.776. The molecule has 0 fully saturated rings. The number of hydrogen-bond acceptors (Lipinski definition) is 2. The molecule has 17 heavy (non-hydrogen) atoms. The molecule has 0 saturated carbocycles. The predicted molar refractivity (Wildman–Crippen MR) is 63.3 cm³/mol. The molecule has 0 bridgehead atoms. The number of hydrogen-bond donors (Lipinski definition) is 3. The van der Waals surface area contributed by atoms with Gasteiger partial charge in [0.25, 0.3) is 0 Å². The molecule has 1 heterocycles. The number of carbonyl (C=O) groups is 1. The maximum Gasteiger partial charge on any atom is 0.312 e. The number of phenolic OH excluding ortho intramolecular Hbond substituents is 1. The highest BCUT2D eigenvalue weighted by atomic mass is 16.4. The van der Waals surface area contributed by atoms with Crippen LogP contribution in [0.2, 0.25) is 0 Å². The van der Waals surface area contributed by atoms with Crippen molar-refractivity contribution < 1.29 is 15.0 Å². The van der Waals surface area contributed by atoms with Crippen LogP contribution in [0.15, 0.2) is 18.2 Å². The number of nitrogens with one attached hydrogen (secondary N) is 1. The quantitative estimate of drug-likeness (QED) is 0.705. The van der Waals surface area contributed by atoms with Gasteiger partial charge in [0.2, 0.25) is 0 Å². The first kappa shape index (κ1) is 10.2. The molecule has 1 aliphatic rings. The van der Waals surface area contributed by atoms with Crippen molar-refractivity contribution in [3.05, 3.63) is 29.5 Å². The van der Waals surface area contributed by atoms with E-state index >= 15 is 0 Å². The number of aromatic amines is 1. The number of carboxylic acid groups (broad SMARTS) is 1. The summed E-state index contributed by atoms with van der Waals surface area (Å²) < 4.78 is 0. The lowest BCUT2D eigenvalue weighted by atomic mass is 9.87. The molecular formula is C13H13NO3. The van der Waals surface area contributed by atoms with E-state index in [0.717, 1.165) is 35.0 Å². The fourth-order valence-electron chi connectivity index (χ4n) is 2.70. The van der Waals surface area contributed by atoms with E-state index in [4.69, 9.17) is 0 Å². The molecule has 3 rings (SSSR count). The Kier molecular flexibility index (Phi) is 2.11. The average molecular weight is 231 g/mol. The molecule has 0 amide bonds. The first-order valence-electron chi connectivity index (χ1n) is 5.73. The molecule has 4 heteroatoms. The van der Waals surface area contributed by atoms with Gasteiger partial charge in [-0.2, -0.15) is 0 Å². The van der Waals surface area contributed by atoms with E-state index in [0.29, 0.717) is 6.42 Å². The Morgan fingerprint density at radius 2 is 2.24 bits per heavy atom. The largest absolute Gasteiger partial charge is 0.508 e. The average Bonchev–Trinajstić information content (AvgIpc) is 2.66. The van der Waals surface area contributed by atoms with Crippen LogP contribution >= 0.6 is 0 Å². The van der Waals surface area contributed by atoms with E-state index in [1.807, 2.05) is 0 Å². The highest BCUT2D eigenvalue weighted by molar-refractivity contribution is 5.89. The van der Waals surface area contributed by atoms with Crippen LogP contribution in [0.1, 0.15) is 30.0 Å². The molecule has 2 aromatic rings. The van der Waals surface area contributed by atoms with Gasteiger partial charge in [-0.1, -0.05) is 0 Å². The van der Waals surface area contributed by atoms with Gasteiger partial charge in [-0.3, -0.25) is 4.79 Å². The highest BCUT2D eigenvalue weighted by Gasteiger charge is 2.29. The van der Waals surface area contributed by atoms with Crippen LogP contribution in [0, 0.1) is 0 Å². The van der Waals surface area contributed by atoms with Gasteiger partial charge in [0.05, 0.1) is 5.92 Å². The van der Waals surface area contributed by atoms with Crippen LogP contribution in [0.4, 0.5) is 0 Å². The summed E-state index contributed by atoms with van der Waals surface area (Å²) in [5.41, 5.74) is 2.76. The Morgan fingerprint density at radius 1 is 1.41 bits per heavy atom. The number of aryl methyl sites for hydroxylation is 1. The summed E-state index contributed by atoms with van der Waals surface area (Å²) in [7, 11) is 0. The predicted octanol–water partition coefficient (Wildman–Crippen LogP) is 2.38. The molecule has 1 atom stereocenters. The second-order valence-corrected chi connectivity index (χ2v) is 4.53. The van der Waals surface area contributed by atoms with Gasteiger partial charge in [0.1, 0.15) is 5.75 Å². The van der Waals surface area contributed by atoms with E-state index in [9.17, 15) is 15.0 Å². The molecule has 0 aliphatic heterocycles. The molecule has 0 spiro atoms. The standard InChI is InChI=1S/C13H13NO3/c15-7-4-5-11-10(6-7)8-2-1-3-9(13(16)17)12(8)14-11/h4-6,9,14-15H,1-3H2,(H,16,17). The molecular weight excluding hydrogens is 218 g/mol. The van der Waals surface area contributed by atoms with Gasteiger partial charge >= 0.3 is 5.97 Å². The minimum Gasteiger partial charge on any atom is -0.508 e. The van der Waals surface area contributed by atoms with E-state index in [2.05, 4.69) is 4.98 Å². The molecule has 1 aliphatic carbocycles. The topological polar surface area (TPSA) is 73.3 Å². The number of phenols is 1. The van der Waals surface area contributed by atoms with Gasteiger partial charge < -0.3 is 15.2 Å². The van der Waals surface area contributed by atoms with Crippen molar-refractivity contribution in [2.24, 2.45) is 0 Å². The van der Waals surface area contributed by atoms with E-state index in [-0.39, 0.29) is 5.75 Å². The minimum absolute atomic E-state index is 0.219. The van der Waals surface area contributed by atoms with Crippen LogP contribution in [-0.4, -0.2) is 21.2 Å². The summed E-state index contributed by atoms with van der Waals surface area (Å²) in [6, 6.07) is 5.11. The van der Waals surface area contributed by atoms with Gasteiger partial charge in [0, 0.05) is 16.6 Å². The zero-order valence-corrected chi connectivity index (χ0v) is 9.23. The first-order valence-corrected chi connectivity index (χ1v) is 5.73. The van der Waals surface area contributed by atoms with Gasteiger partial charge in [0.15, 0.2) is 0 Å². The molecule has 88 valence electrons. The Morgan fingerprint density at radius 3 is 3.00 bits per heavy atom. The Bertz CT molecular complexity index is 600. The number of benzene rings is 1. The van der Waals surface area contributed by atoms with Gasteiger partial charge in [-0.05, 0) is 43.0 Å². The lowest BCUT2D eigenvalue weighted by molar-refractivity contribution is -0.139. The van der Waals surface area contributed by atoms with Crippen LogP contribution in [0.5, 0.6) is 5.75 Å². The van der Waals surface area contributed by atoms with Crippen molar-refractivity contribution in [1.29, 1.82) is 0 Å². The molecule has 1 aromatic carbocycles. The summed E-state index contributed by atoms with van der Waals surface area (Å²) in [4.78, 5) is 14.4. The van der Waals surface area contributed by atoms with E-state index < -0.39 is 11.9 Å². The number of H-pyrrole nitrogens is 1. The molecule has 1 unspecified atom stereocenters. The maximum absolute atomic E-state index is 11.2. The second kappa shape index (κ2) is 3.52. The SMILES string of the molecule is O=C(O)C1CCCc2c1[nH]c1ccc(O)cc21. The van der Waals surface area contributed by atoms with Crippen LogP contribution < -0.4 is 0 Å². The monoisotopic (exact) mass is 231 g/mol.